The Bertz CT molecular complexity index is 1720. The number of nitrogens with one attached hydrogen (secondary N) is 1. The van der Waals surface area contributed by atoms with Crippen LogP contribution in [-0.2, 0) is 22.8 Å². The summed E-state index contributed by atoms with van der Waals surface area (Å²) in [6, 6.07) is 16.8. The van der Waals surface area contributed by atoms with Crippen molar-refractivity contribution in [3.05, 3.63) is 83.4 Å². The monoisotopic (exact) mass is 654 g/mol. The number of aryl methyl sites for hydroxylation is 2. The molecule has 11 heteroatoms. The number of fused-ring (bicyclic) bond motifs is 1. The van der Waals surface area contributed by atoms with Gasteiger partial charge in [0.25, 0.3) is 0 Å². The van der Waals surface area contributed by atoms with Gasteiger partial charge in [0, 0.05) is 30.6 Å². The van der Waals surface area contributed by atoms with Crippen LogP contribution in [0, 0.1) is 24.6 Å². The highest BCUT2D eigenvalue weighted by Crippen LogP contribution is 2.45. The van der Waals surface area contributed by atoms with Crippen LogP contribution in [0.2, 0.25) is 0 Å². The largest absolute Gasteiger partial charge is 0.416 e. The van der Waals surface area contributed by atoms with Crippen LogP contribution in [0.1, 0.15) is 61.9 Å². The second-order valence-corrected chi connectivity index (χ2v) is 13.8. The molecular formula is C35H38F4N4O2S. The molecule has 0 radical (unpaired) electrons. The van der Waals surface area contributed by atoms with Gasteiger partial charge in [-0.05, 0) is 117 Å². The van der Waals surface area contributed by atoms with E-state index in [0.29, 0.717) is 12.5 Å². The number of alkyl halides is 3. The van der Waals surface area contributed by atoms with Gasteiger partial charge >= 0.3 is 6.18 Å². The maximum Gasteiger partial charge on any atom is 0.416 e. The minimum absolute atomic E-state index is 0.00819. The Morgan fingerprint density at radius 3 is 2.43 bits per heavy atom. The highest BCUT2D eigenvalue weighted by molar-refractivity contribution is 8.00. The number of nitrogens with zero attached hydrogens (tertiary/aromatic N) is 3. The van der Waals surface area contributed by atoms with E-state index in [1.807, 2.05) is 27.9 Å². The lowest BCUT2D eigenvalue weighted by Crippen LogP contribution is -2.42. The van der Waals surface area contributed by atoms with E-state index in [1.165, 1.54) is 0 Å². The zero-order valence-corrected chi connectivity index (χ0v) is 27.1. The summed E-state index contributed by atoms with van der Waals surface area (Å²) in [5.74, 6) is -1.17. The predicted molar refractivity (Wildman–Crippen MR) is 173 cm³/mol. The number of imidazole rings is 1. The maximum atomic E-state index is 14.6. The number of hydrogen-bond acceptors (Lipinski definition) is 5. The Hall–Kier alpha value is -3.57. The molecule has 1 N–H and O–H groups in total. The van der Waals surface area contributed by atoms with Gasteiger partial charge in [0.15, 0.2) is 0 Å². The van der Waals surface area contributed by atoms with Crippen molar-refractivity contribution in [3.8, 4) is 0 Å². The highest BCUT2D eigenvalue weighted by Gasteiger charge is 2.41. The Morgan fingerprint density at radius 2 is 1.78 bits per heavy atom. The van der Waals surface area contributed by atoms with E-state index in [4.69, 9.17) is 4.74 Å². The molecule has 3 aromatic carbocycles. The molecule has 4 atom stereocenters. The summed E-state index contributed by atoms with van der Waals surface area (Å²) in [7, 11) is 4.02. The maximum absolute atomic E-state index is 14.6. The molecule has 1 heterocycles. The van der Waals surface area contributed by atoms with Crippen LogP contribution in [0.3, 0.4) is 0 Å². The van der Waals surface area contributed by atoms with Crippen molar-refractivity contribution in [2.45, 2.75) is 75.1 Å². The number of halogens is 4. The number of aromatic nitrogens is 2. The number of ether oxygens (including phenoxy) is 1. The first-order valence-corrected chi connectivity index (χ1v) is 16.4. The molecule has 6 rings (SSSR count). The molecule has 2 fully saturated rings. The topological polar surface area (TPSA) is 59.4 Å². The fraction of sp³-hybridized carbons (Fsp3) is 0.429. The van der Waals surface area contributed by atoms with E-state index in [1.54, 1.807) is 11.9 Å². The lowest BCUT2D eigenvalue weighted by Gasteiger charge is -2.42. The van der Waals surface area contributed by atoms with Gasteiger partial charge in [0.1, 0.15) is 11.6 Å². The molecule has 0 bridgehead atoms. The number of anilines is 2. The van der Waals surface area contributed by atoms with E-state index < -0.39 is 29.4 Å². The van der Waals surface area contributed by atoms with Gasteiger partial charge in [0.05, 0.1) is 34.5 Å². The van der Waals surface area contributed by atoms with Crippen molar-refractivity contribution in [1.29, 1.82) is 0 Å². The minimum atomic E-state index is -4.67. The van der Waals surface area contributed by atoms with Gasteiger partial charge in [-0.15, -0.1) is 0 Å². The zero-order valence-electron chi connectivity index (χ0n) is 26.3. The average Bonchev–Trinajstić information content (AvgIpc) is 3.28. The predicted octanol–water partition coefficient (Wildman–Crippen LogP) is 8.89. The van der Waals surface area contributed by atoms with E-state index in [2.05, 4.69) is 61.6 Å². The van der Waals surface area contributed by atoms with Crippen LogP contribution in [0.4, 0.5) is 28.9 Å². The van der Waals surface area contributed by atoms with Crippen LogP contribution >= 0.6 is 11.9 Å². The first kappa shape index (κ1) is 32.4. The van der Waals surface area contributed by atoms with E-state index >= 15 is 0 Å². The number of amides is 1. The van der Waals surface area contributed by atoms with Crippen molar-refractivity contribution in [2.75, 3.05) is 16.7 Å². The molecular weight excluding hydrogens is 616 g/mol. The summed E-state index contributed by atoms with van der Waals surface area (Å²) in [4.78, 5) is 19.3. The number of carbonyl (C=O) groups excluding carboxylic acids is 1. The third kappa shape index (κ3) is 6.76. The lowest BCUT2D eigenvalue weighted by atomic mass is 9.68. The summed E-state index contributed by atoms with van der Waals surface area (Å²) >= 11 is 1.61. The molecule has 46 heavy (non-hydrogen) atoms. The second-order valence-electron chi connectivity index (χ2n) is 12.6. The lowest BCUT2D eigenvalue weighted by molar-refractivity contribution is -0.137. The molecule has 244 valence electrons. The van der Waals surface area contributed by atoms with Gasteiger partial charge in [-0.1, -0.05) is 19.1 Å². The second kappa shape index (κ2) is 12.9. The molecule has 1 amide bonds. The molecule has 4 aromatic rings. The molecule has 0 aliphatic heterocycles. The molecule has 2 saturated carbocycles. The molecule has 0 spiro atoms. The van der Waals surface area contributed by atoms with Crippen LogP contribution in [0.5, 0.6) is 0 Å². The number of hydrogen-bond donors (Lipinski definition) is 1. The molecule has 2 aliphatic rings. The van der Waals surface area contributed by atoms with E-state index in [-0.39, 0.29) is 29.7 Å². The van der Waals surface area contributed by atoms with Crippen molar-refractivity contribution in [3.63, 3.8) is 0 Å². The smallest absolute Gasteiger partial charge is 0.375 e. The average molecular weight is 655 g/mol. The van der Waals surface area contributed by atoms with Crippen LogP contribution in [0.25, 0.3) is 11.0 Å². The summed E-state index contributed by atoms with van der Waals surface area (Å²) in [5, 5.41) is 2.57. The summed E-state index contributed by atoms with van der Waals surface area (Å²) < 4.78 is 64.3. The van der Waals surface area contributed by atoms with E-state index in [9.17, 15) is 22.4 Å². The van der Waals surface area contributed by atoms with Crippen molar-refractivity contribution in [1.82, 2.24) is 9.55 Å². The van der Waals surface area contributed by atoms with Gasteiger partial charge < -0.3 is 18.9 Å². The summed E-state index contributed by atoms with van der Waals surface area (Å²) in [6.07, 6.45) is -0.303. The Kier molecular flexibility index (Phi) is 9.08. The fourth-order valence-corrected chi connectivity index (χ4v) is 7.40. The van der Waals surface area contributed by atoms with Crippen molar-refractivity contribution < 1.29 is 27.1 Å². The SMILES string of the molecule is Cc1nc2cc(SN(C)c3ccc(C4CC(OC5CCC5)CC(C(=O)Nc5ccc(C(F)(F)F)cc5F)[C@@H]4C)cc3)ccc2n1C. The van der Waals surface area contributed by atoms with Gasteiger partial charge in [0.2, 0.25) is 5.91 Å². The minimum Gasteiger partial charge on any atom is -0.375 e. The van der Waals surface area contributed by atoms with Gasteiger partial charge in [-0.25, -0.2) is 9.37 Å². The first-order valence-electron chi connectivity index (χ1n) is 15.6. The standard InChI is InChI=1S/C35H38F4N4O2S/c1-20-28(22-8-11-24(12-9-22)43(4)46-27-13-15-33-32(19-27)40-21(2)42(33)3)17-26(45-25-6-5-7-25)18-29(20)34(44)41-31-14-10-23(16-30(31)36)35(37,38)39/h8-16,19-20,25-26,28-29H,5-7,17-18H2,1-4H3,(H,41,44)/t20-,26?,28?,29?/m1/s1. The quantitative estimate of drug-likeness (QED) is 0.152. The van der Waals surface area contributed by atoms with Crippen LogP contribution in [-0.4, -0.2) is 34.7 Å². The van der Waals surface area contributed by atoms with E-state index in [0.717, 1.165) is 70.8 Å². The summed E-state index contributed by atoms with van der Waals surface area (Å²) in [6.45, 7) is 4.01. The third-order valence-electron chi connectivity index (χ3n) is 9.63. The Morgan fingerprint density at radius 1 is 1.04 bits per heavy atom. The third-order valence-corrected chi connectivity index (χ3v) is 10.6. The highest BCUT2D eigenvalue weighted by atomic mass is 32.2. The fourth-order valence-electron chi connectivity index (χ4n) is 6.57. The number of carbonyl (C=O) groups is 1. The first-order chi connectivity index (χ1) is 21.9. The normalized spacial score (nSPS) is 22.1. The number of rotatable bonds is 8. The van der Waals surface area contributed by atoms with Gasteiger partial charge in [-0.2, -0.15) is 13.2 Å². The Balaban J connectivity index is 1.18. The van der Waals surface area contributed by atoms with Gasteiger partial charge in [-0.3, -0.25) is 4.79 Å². The number of benzene rings is 3. The Labute approximate surface area is 270 Å². The molecule has 2 aliphatic carbocycles. The molecule has 3 unspecified atom stereocenters. The zero-order chi connectivity index (χ0) is 32.7. The van der Waals surface area contributed by atoms with Crippen molar-refractivity contribution >= 4 is 40.3 Å². The summed E-state index contributed by atoms with van der Waals surface area (Å²) in [5.41, 5.74) is 2.79. The van der Waals surface area contributed by atoms with Crippen LogP contribution < -0.4 is 9.62 Å². The molecule has 1 aromatic heterocycles. The molecule has 6 nitrogen and oxygen atoms in total. The molecule has 0 saturated heterocycles. The van der Waals surface area contributed by atoms with Crippen LogP contribution in [0.15, 0.2) is 65.6 Å². The van der Waals surface area contributed by atoms with Crippen molar-refractivity contribution in [2.24, 2.45) is 18.9 Å².